The molecule has 0 saturated carbocycles. The summed E-state index contributed by atoms with van der Waals surface area (Å²) in [5.41, 5.74) is 2.81. The standard InChI is InChI=1S/C21H23F3N6/c1-15-17(13-28(2)27-15)14-29-9-11-30(12-10-29)20-19(25-7-8-26-20)16-3-5-18(6-4-16)21(22,23)24/h3-8,13H,9-12,14H2,1-2H3. The molecule has 4 rings (SSSR count). The van der Waals surface area contributed by atoms with Crippen LogP contribution in [0.3, 0.4) is 0 Å². The van der Waals surface area contributed by atoms with Gasteiger partial charge in [0.25, 0.3) is 0 Å². The van der Waals surface area contributed by atoms with Crippen molar-refractivity contribution in [2.45, 2.75) is 19.6 Å². The van der Waals surface area contributed by atoms with Gasteiger partial charge in [-0.25, -0.2) is 4.98 Å². The molecule has 0 aliphatic carbocycles. The van der Waals surface area contributed by atoms with Crippen LogP contribution in [0.5, 0.6) is 0 Å². The first-order valence-electron chi connectivity index (χ1n) is 9.76. The average Bonchev–Trinajstić information content (AvgIpc) is 3.05. The Morgan fingerprint density at radius 2 is 1.63 bits per heavy atom. The SMILES string of the molecule is Cc1nn(C)cc1CN1CCN(c2nccnc2-c2ccc(C(F)(F)F)cc2)CC1. The largest absolute Gasteiger partial charge is 0.416 e. The highest BCUT2D eigenvalue weighted by molar-refractivity contribution is 5.72. The van der Waals surface area contributed by atoms with Crippen molar-refractivity contribution in [3.8, 4) is 11.3 Å². The topological polar surface area (TPSA) is 50.1 Å². The van der Waals surface area contributed by atoms with Crippen molar-refractivity contribution in [1.29, 1.82) is 0 Å². The molecule has 3 heterocycles. The third-order valence-corrected chi connectivity index (χ3v) is 5.35. The van der Waals surface area contributed by atoms with Crippen LogP contribution in [-0.2, 0) is 19.8 Å². The summed E-state index contributed by atoms with van der Waals surface area (Å²) in [4.78, 5) is 13.4. The fourth-order valence-electron chi connectivity index (χ4n) is 3.75. The van der Waals surface area contributed by atoms with Gasteiger partial charge in [-0.05, 0) is 19.1 Å². The average molecular weight is 416 g/mol. The monoisotopic (exact) mass is 416 g/mol. The van der Waals surface area contributed by atoms with Crippen LogP contribution in [0.25, 0.3) is 11.3 Å². The highest BCUT2D eigenvalue weighted by Crippen LogP contribution is 2.32. The summed E-state index contributed by atoms with van der Waals surface area (Å²) in [5.74, 6) is 0.703. The Balaban J connectivity index is 1.48. The minimum Gasteiger partial charge on any atom is -0.352 e. The van der Waals surface area contributed by atoms with Crippen LogP contribution >= 0.6 is 0 Å². The zero-order chi connectivity index (χ0) is 21.3. The van der Waals surface area contributed by atoms with Gasteiger partial charge < -0.3 is 4.90 Å². The lowest BCUT2D eigenvalue weighted by Gasteiger charge is -2.35. The number of nitrogens with zero attached hydrogens (tertiary/aromatic N) is 6. The molecule has 1 aliphatic heterocycles. The Bertz CT molecular complexity index is 1000. The molecule has 3 aromatic rings. The van der Waals surface area contributed by atoms with E-state index in [1.807, 2.05) is 24.9 Å². The molecule has 0 N–H and O–H groups in total. The van der Waals surface area contributed by atoms with Gasteiger partial charge in [0.05, 0.1) is 11.3 Å². The highest BCUT2D eigenvalue weighted by Gasteiger charge is 2.30. The van der Waals surface area contributed by atoms with Gasteiger partial charge in [-0.1, -0.05) is 12.1 Å². The Morgan fingerprint density at radius 1 is 0.967 bits per heavy atom. The summed E-state index contributed by atoms with van der Waals surface area (Å²) in [5, 5.41) is 4.40. The molecular weight excluding hydrogens is 393 g/mol. The Hall–Kier alpha value is -2.94. The molecule has 1 aromatic carbocycles. The molecule has 0 amide bonds. The van der Waals surface area contributed by atoms with Crippen LogP contribution in [0.1, 0.15) is 16.8 Å². The van der Waals surface area contributed by atoms with E-state index in [9.17, 15) is 13.2 Å². The van der Waals surface area contributed by atoms with Crippen molar-refractivity contribution in [3.05, 3.63) is 59.7 Å². The number of benzene rings is 1. The van der Waals surface area contributed by atoms with E-state index in [0.717, 1.165) is 50.6 Å². The zero-order valence-electron chi connectivity index (χ0n) is 16.9. The number of aryl methyl sites for hydroxylation is 2. The molecule has 0 unspecified atom stereocenters. The van der Waals surface area contributed by atoms with Gasteiger partial charge in [0.2, 0.25) is 0 Å². The molecule has 0 spiro atoms. The second-order valence-corrected chi connectivity index (χ2v) is 7.48. The summed E-state index contributed by atoms with van der Waals surface area (Å²) >= 11 is 0. The number of hydrogen-bond acceptors (Lipinski definition) is 5. The van der Waals surface area contributed by atoms with Gasteiger partial charge in [0.1, 0.15) is 5.69 Å². The van der Waals surface area contributed by atoms with Gasteiger partial charge in [0.15, 0.2) is 5.82 Å². The summed E-state index contributed by atoms with van der Waals surface area (Å²) in [7, 11) is 1.92. The molecule has 1 saturated heterocycles. The van der Waals surface area contributed by atoms with Gasteiger partial charge in [-0.3, -0.25) is 14.6 Å². The predicted molar refractivity (Wildman–Crippen MR) is 108 cm³/mol. The fraction of sp³-hybridized carbons (Fsp3) is 0.381. The van der Waals surface area contributed by atoms with Crippen molar-refractivity contribution in [2.75, 3.05) is 31.1 Å². The predicted octanol–water partition coefficient (Wildman–Crippen LogP) is 3.53. The quantitative estimate of drug-likeness (QED) is 0.651. The lowest BCUT2D eigenvalue weighted by Crippen LogP contribution is -2.46. The van der Waals surface area contributed by atoms with Crippen molar-refractivity contribution in [1.82, 2.24) is 24.6 Å². The van der Waals surface area contributed by atoms with E-state index >= 15 is 0 Å². The molecule has 0 bridgehead atoms. The molecule has 1 fully saturated rings. The lowest BCUT2D eigenvalue weighted by atomic mass is 10.1. The van der Waals surface area contributed by atoms with E-state index in [1.165, 1.54) is 17.7 Å². The van der Waals surface area contributed by atoms with Gasteiger partial charge in [-0.15, -0.1) is 0 Å². The van der Waals surface area contributed by atoms with Crippen LogP contribution < -0.4 is 4.90 Å². The first-order valence-corrected chi connectivity index (χ1v) is 9.76. The molecule has 0 radical (unpaired) electrons. The van der Waals surface area contributed by atoms with Crippen molar-refractivity contribution >= 4 is 5.82 Å². The Morgan fingerprint density at radius 3 is 2.23 bits per heavy atom. The van der Waals surface area contributed by atoms with Gasteiger partial charge >= 0.3 is 6.18 Å². The third-order valence-electron chi connectivity index (χ3n) is 5.35. The van der Waals surface area contributed by atoms with Crippen LogP contribution in [0.4, 0.5) is 19.0 Å². The number of anilines is 1. The molecule has 30 heavy (non-hydrogen) atoms. The van der Waals surface area contributed by atoms with Crippen molar-refractivity contribution < 1.29 is 13.2 Å². The van der Waals surface area contributed by atoms with Gasteiger partial charge in [0, 0.05) is 69.5 Å². The minimum atomic E-state index is -4.35. The lowest BCUT2D eigenvalue weighted by molar-refractivity contribution is -0.137. The summed E-state index contributed by atoms with van der Waals surface area (Å²) < 4.78 is 40.4. The fourth-order valence-corrected chi connectivity index (χ4v) is 3.75. The molecule has 9 heteroatoms. The third kappa shape index (κ3) is 4.30. The number of halogens is 3. The number of rotatable bonds is 4. The molecule has 1 aliphatic rings. The maximum Gasteiger partial charge on any atom is 0.416 e. The Kier molecular flexibility index (Phi) is 5.46. The van der Waals surface area contributed by atoms with Gasteiger partial charge in [-0.2, -0.15) is 18.3 Å². The maximum atomic E-state index is 12.9. The molecule has 0 atom stereocenters. The van der Waals surface area contributed by atoms with Crippen LogP contribution in [0.15, 0.2) is 42.9 Å². The van der Waals surface area contributed by atoms with Crippen molar-refractivity contribution in [2.24, 2.45) is 7.05 Å². The van der Waals surface area contributed by atoms with Crippen LogP contribution in [-0.4, -0.2) is 50.8 Å². The van der Waals surface area contributed by atoms with E-state index in [1.54, 1.807) is 12.4 Å². The molecule has 2 aromatic heterocycles. The first-order chi connectivity index (χ1) is 14.3. The minimum absolute atomic E-state index is 0.600. The van der Waals surface area contributed by atoms with E-state index in [0.29, 0.717) is 17.1 Å². The summed E-state index contributed by atoms with van der Waals surface area (Å²) in [6, 6.07) is 5.08. The summed E-state index contributed by atoms with van der Waals surface area (Å²) in [6.07, 6.45) is 0.881. The van der Waals surface area contributed by atoms with E-state index < -0.39 is 11.7 Å². The highest BCUT2D eigenvalue weighted by atomic mass is 19.4. The molecular formula is C21H23F3N6. The Labute approximate surface area is 173 Å². The summed E-state index contributed by atoms with van der Waals surface area (Å²) in [6.45, 7) is 6.12. The number of aromatic nitrogens is 4. The first kappa shape index (κ1) is 20.3. The van der Waals surface area contributed by atoms with E-state index in [4.69, 9.17) is 0 Å². The maximum absolute atomic E-state index is 12.9. The molecule has 158 valence electrons. The van der Waals surface area contributed by atoms with Crippen LogP contribution in [0.2, 0.25) is 0 Å². The number of hydrogen-bond donors (Lipinski definition) is 0. The second-order valence-electron chi connectivity index (χ2n) is 7.48. The normalized spacial score (nSPS) is 15.6. The van der Waals surface area contributed by atoms with Crippen LogP contribution in [0, 0.1) is 6.92 Å². The second kappa shape index (κ2) is 8.06. The number of alkyl halides is 3. The number of piperazine rings is 1. The van der Waals surface area contributed by atoms with E-state index in [2.05, 4.69) is 24.9 Å². The zero-order valence-corrected chi connectivity index (χ0v) is 16.9. The smallest absolute Gasteiger partial charge is 0.352 e. The van der Waals surface area contributed by atoms with Crippen molar-refractivity contribution in [3.63, 3.8) is 0 Å². The molecule has 6 nitrogen and oxygen atoms in total. The van der Waals surface area contributed by atoms with E-state index in [-0.39, 0.29) is 0 Å².